The van der Waals surface area contributed by atoms with Gasteiger partial charge in [0.15, 0.2) is 0 Å². The smallest absolute Gasteiger partial charge is 0.321 e. The van der Waals surface area contributed by atoms with Gasteiger partial charge in [-0.3, -0.25) is 4.90 Å². The SMILES string of the molecule is COc1ccc(CN2CCN(C(=O)Nc3cc(Cl)ccc3C)CC2)cc1. The Bertz CT molecular complexity index is 756. The number of nitrogens with zero attached hydrogens (tertiary/aromatic N) is 2. The van der Waals surface area contributed by atoms with E-state index in [0.717, 1.165) is 36.6 Å². The first-order valence-electron chi connectivity index (χ1n) is 8.72. The molecule has 2 aromatic carbocycles. The van der Waals surface area contributed by atoms with Crippen LogP contribution in [-0.4, -0.2) is 49.1 Å². The lowest BCUT2D eigenvalue weighted by atomic mass is 10.2. The molecular formula is C20H24ClN3O2. The molecule has 5 nitrogen and oxygen atoms in total. The van der Waals surface area contributed by atoms with Crippen molar-refractivity contribution in [2.75, 3.05) is 38.6 Å². The number of ether oxygens (including phenoxy) is 1. The number of rotatable bonds is 4. The minimum Gasteiger partial charge on any atom is -0.497 e. The van der Waals surface area contributed by atoms with Crippen LogP contribution in [0.4, 0.5) is 10.5 Å². The van der Waals surface area contributed by atoms with Gasteiger partial charge in [-0.05, 0) is 42.3 Å². The molecule has 0 radical (unpaired) electrons. The topological polar surface area (TPSA) is 44.8 Å². The maximum absolute atomic E-state index is 12.5. The van der Waals surface area contributed by atoms with E-state index in [0.29, 0.717) is 18.1 Å². The van der Waals surface area contributed by atoms with Gasteiger partial charge in [0, 0.05) is 43.4 Å². The highest BCUT2D eigenvalue weighted by Crippen LogP contribution is 2.21. The number of urea groups is 1. The molecule has 0 aliphatic carbocycles. The molecule has 1 fully saturated rings. The summed E-state index contributed by atoms with van der Waals surface area (Å²) in [4.78, 5) is 16.7. The van der Waals surface area contributed by atoms with Crippen LogP contribution in [0, 0.1) is 6.92 Å². The monoisotopic (exact) mass is 373 g/mol. The molecule has 138 valence electrons. The van der Waals surface area contributed by atoms with Crippen LogP contribution in [0.1, 0.15) is 11.1 Å². The number of methoxy groups -OCH3 is 1. The molecule has 0 aromatic heterocycles. The van der Waals surface area contributed by atoms with Crippen molar-refractivity contribution in [3.05, 3.63) is 58.6 Å². The van der Waals surface area contributed by atoms with Crippen LogP contribution in [-0.2, 0) is 6.54 Å². The summed E-state index contributed by atoms with van der Waals surface area (Å²) in [5.74, 6) is 0.867. The highest BCUT2D eigenvalue weighted by Gasteiger charge is 2.21. The molecule has 3 rings (SSSR count). The first kappa shape index (κ1) is 18.5. The summed E-state index contributed by atoms with van der Waals surface area (Å²) in [6, 6.07) is 13.6. The van der Waals surface area contributed by atoms with Gasteiger partial charge in [0.25, 0.3) is 0 Å². The van der Waals surface area contributed by atoms with Crippen molar-refractivity contribution in [3.8, 4) is 5.75 Å². The fourth-order valence-electron chi connectivity index (χ4n) is 3.02. The second-order valence-corrected chi connectivity index (χ2v) is 6.94. The molecule has 1 N–H and O–H groups in total. The van der Waals surface area contributed by atoms with Gasteiger partial charge in [0.2, 0.25) is 0 Å². The summed E-state index contributed by atoms with van der Waals surface area (Å²) < 4.78 is 5.19. The van der Waals surface area contributed by atoms with Crippen LogP contribution in [0.15, 0.2) is 42.5 Å². The molecule has 1 aliphatic rings. The first-order valence-corrected chi connectivity index (χ1v) is 9.10. The molecular weight excluding hydrogens is 350 g/mol. The van der Waals surface area contributed by atoms with Crippen molar-refractivity contribution in [1.82, 2.24) is 9.80 Å². The van der Waals surface area contributed by atoms with E-state index in [2.05, 4.69) is 22.3 Å². The highest BCUT2D eigenvalue weighted by atomic mass is 35.5. The predicted molar refractivity (Wildman–Crippen MR) is 105 cm³/mol. The lowest BCUT2D eigenvalue weighted by Crippen LogP contribution is -2.49. The molecule has 0 spiro atoms. The summed E-state index contributed by atoms with van der Waals surface area (Å²) in [5, 5.41) is 3.59. The van der Waals surface area contributed by atoms with Crippen LogP contribution < -0.4 is 10.1 Å². The molecule has 0 unspecified atom stereocenters. The van der Waals surface area contributed by atoms with Crippen molar-refractivity contribution in [2.45, 2.75) is 13.5 Å². The summed E-state index contributed by atoms with van der Waals surface area (Å²) >= 11 is 6.02. The normalized spacial score (nSPS) is 15.0. The zero-order valence-electron chi connectivity index (χ0n) is 15.2. The number of amides is 2. The minimum absolute atomic E-state index is 0.0699. The largest absolute Gasteiger partial charge is 0.497 e. The fourth-order valence-corrected chi connectivity index (χ4v) is 3.19. The van der Waals surface area contributed by atoms with Gasteiger partial charge < -0.3 is 15.0 Å². The Morgan fingerprint density at radius 1 is 1.12 bits per heavy atom. The van der Waals surface area contributed by atoms with Gasteiger partial charge in [-0.1, -0.05) is 29.8 Å². The third-order valence-electron chi connectivity index (χ3n) is 4.67. The van der Waals surface area contributed by atoms with Gasteiger partial charge in [-0.15, -0.1) is 0 Å². The molecule has 1 aliphatic heterocycles. The van der Waals surface area contributed by atoms with E-state index in [-0.39, 0.29) is 6.03 Å². The van der Waals surface area contributed by atoms with Gasteiger partial charge in [-0.25, -0.2) is 4.79 Å². The Labute approximate surface area is 159 Å². The van der Waals surface area contributed by atoms with E-state index in [1.165, 1.54) is 5.56 Å². The van der Waals surface area contributed by atoms with E-state index in [1.807, 2.05) is 36.1 Å². The molecule has 1 saturated heterocycles. The number of hydrogen-bond donors (Lipinski definition) is 1. The van der Waals surface area contributed by atoms with Crippen molar-refractivity contribution in [1.29, 1.82) is 0 Å². The summed E-state index contributed by atoms with van der Waals surface area (Å²) in [6.07, 6.45) is 0. The van der Waals surface area contributed by atoms with E-state index >= 15 is 0 Å². The summed E-state index contributed by atoms with van der Waals surface area (Å²) in [7, 11) is 1.67. The number of piperazine rings is 1. The zero-order chi connectivity index (χ0) is 18.5. The summed E-state index contributed by atoms with van der Waals surface area (Å²) in [6.45, 7) is 5.97. The molecule has 0 saturated carbocycles. The molecule has 0 atom stereocenters. The Balaban J connectivity index is 1.51. The Morgan fingerprint density at radius 3 is 2.46 bits per heavy atom. The molecule has 0 bridgehead atoms. The molecule has 2 aromatic rings. The second-order valence-electron chi connectivity index (χ2n) is 6.50. The van der Waals surface area contributed by atoms with E-state index in [4.69, 9.17) is 16.3 Å². The summed E-state index contributed by atoms with van der Waals surface area (Å²) in [5.41, 5.74) is 3.02. The molecule has 6 heteroatoms. The number of halogens is 1. The van der Waals surface area contributed by atoms with Crippen LogP contribution in [0.25, 0.3) is 0 Å². The van der Waals surface area contributed by atoms with Crippen LogP contribution in [0.2, 0.25) is 5.02 Å². The minimum atomic E-state index is -0.0699. The number of aryl methyl sites for hydroxylation is 1. The lowest BCUT2D eigenvalue weighted by molar-refractivity contribution is 0.143. The third-order valence-corrected chi connectivity index (χ3v) is 4.90. The van der Waals surface area contributed by atoms with E-state index in [9.17, 15) is 4.79 Å². The van der Waals surface area contributed by atoms with Gasteiger partial charge in [-0.2, -0.15) is 0 Å². The van der Waals surface area contributed by atoms with Crippen LogP contribution >= 0.6 is 11.6 Å². The van der Waals surface area contributed by atoms with Crippen LogP contribution in [0.5, 0.6) is 5.75 Å². The number of hydrogen-bond acceptors (Lipinski definition) is 3. The molecule has 26 heavy (non-hydrogen) atoms. The Morgan fingerprint density at radius 2 is 1.81 bits per heavy atom. The number of carbonyl (C=O) groups is 1. The van der Waals surface area contributed by atoms with Crippen molar-refractivity contribution >= 4 is 23.3 Å². The van der Waals surface area contributed by atoms with Crippen LogP contribution in [0.3, 0.4) is 0 Å². The van der Waals surface area contributed by atoms with Crippen molar-refractivity contribution in [2.24, 2.45) is 0 Å². The maximum Gasteiger partial charge on any atom is 0.321 e. The third kappa shape index (κ3) is 4.68. The standard InChI is InChI=1S/C20H24ClN3O2/c1-15-3-6-17(21)13-19(15)22-20(25)24-11-9-23(10-12-24)14-16-4-7-18(26-2)8-5-16/h3-8,13H,9-12,14H2,1-2H3,(H,22,25). The fraction of sp³-hybridized carbons (Fsp3) is 0.350. The quantitative estimate of drug-likeness (QED) is 0.880. The van der Waals surface area contributed by atoms with Crippen molar-refractivity contribution in [3.63, 3.8) is 0 Å². The van der Waals surface area contributed by atoms with E-state index in [1.54, 1.807) is 13.2 Å². The number of carbonyl (C=O) groups excluding carboxylic acids is 1. The second kappa shape index (κ2) is 8.43. The van der Waals surface area contributed by atoms with Gasteiger partial charge in [0.1, 0.15) is 5.75 Å². The average molecular weight is 374 g/mol. The van der Waals surface area contributed by atoms with Gasteiger partial charge in [0.05, 0.1) is 7.11 Å². The lowest BCUT2D eigenvalue weighted by Gasteiger charge is -2.34. The number of nitrogens with one attached hydrogen (secondary N) is 1. The van der Waals surface area contributed by atoms with E-state index < -0.39 is 0 Å². The van der Waals surface area contributed by atoms with Gasteiger partial charge >= 0.3 is 6.03 Å². The number of benzene rings is 2. The molecule has 1 heterocycles. The maximum atomic E-state index is 12.5. The average Bonchev–Trinajstić information content (AvgIpc) is 2.66. The number of anilines is 1. The van der Waals surface area contributed by atoms with Crippen molar-refractivity contribution < 1.29 is 9.53 Å². The Kier molecular flexibility index (Phi) is 6.01. The first-order chi connectivity index (χ1) is 12.5. The molecule has 2 amide bonds. The zero-order valence-corrected chi connectivity index (χ0v) is 15.9. The predicted octanol–water partition coefficient (Wildman–Crippen LogP) is 4.01. The highest BCUT2D eigenvalue weighted by molar-refractivity contribution is 6.31. The Hall–Kier alpha value is -2.24.